The Kier molecular flexibility index (Phi) is 3.64. The lowest BCUT2D eigenvalue weighted by molar-refractivity contribution is 0.357. The maximum Gasteiger partial charge on any atom is 0.122 e. The highest BCUT2D eigenvalue weighted by Crippen LogP contribution is 2.31. The van der Waals surface area contributed by atoms with Gasteiger partial charge in [0.2, 0.25) is 0 Å². The molecule has 0 saturated carbocycles. The highest BCUT2D eigenvalue weighted by Gasteiger charge is 2.17. The van der Waals surface area contributed by atoms with E-state index in [0.29, 0.717) is 12.0 Å². The van der Waals surface area contributed by atoms with Gasteiger partial charge in [-0.05, 0) is 35.2 Å². The first-order chi connectivity index (χ1) is 9.74. The average molecular weight is 267 g/mol. The van der Waals surface area contributed by atoms with E-state index in [1.807, 2.05) is 0 Å². The zero-order valence-electron chi connectivity index (χ0n) is 12.1. The number of anilines is 1. The van der Waals surface area contributed by atoms with Gasteiger partial charge in [0.15, 0.2) is 0 Å². The van der Waals surface area contributed by atoms with Crippen LogP contribution in [-0.2, 0) is 6.42 Å². The summed E-state index contributed by atoms with van der Waals surface area (Å²) in [4.78, 5) is 0. The predicted octanol–water partition coefficient (Wildman–Crippen LogP) is 4.43. The number of fused-ring (bicyclic) bond motifs is 1. The van der Waals surface area contributed by atoms with Gasteiger partial charge in [-0.1, -0.05) is 44.2 Å². The Morgan fingerprint density at radius 3 is 2.60 bits per heavy atom. The fourth-order valence-electron chi connectivity index (χ4n) is 2.75. The van der Waals surface area contributed by atoms with E-state index in [4.69, 9.17) is 4.74 Å². The first kappa shape index (κ1) is 13.0. The fourth-order valence-corrected chi connectivity index (χ4v) is 2.75. The standard InChI is InChI=1S/C18H21NO/c1-13(2)18(14-6-4-3-5-7-14)19-16-8-9-17-15(12-16)10-11-20-17/h3-9,12-13,18-19H,10-11H2,1-2H3. The van der Waals surface area contributed by atoms with E-state index in [9.17, 15) is 0 Å². The summed E-state index contributed by atoms with van der Waals surface area (Å²) >= 11 is 0. The van der Waals surface area contributed by atoms with Crippen LogP contribution in [0, 0.1) is 5.92 Å². The second kappa shape index (κ2) is 5.58. The molecule has 0 amide bonds. The molecule has 1 aliphatic heterocycles. The van der Waals surface area contributed by atoms with E-state index in [1.54, 1.807) is 0 Å². The highest BCUT2D eigenvalue weighted by atomic mass is 16.5. The van der Waals surface area contributed by atoms with Crippen molar-refractivity contribution in [2.45, 2.75) is 26.3 Å². The zero-order chi connectivity index (χ0) is 13.9. The molecular formula is C18H21NO. The number of rotatable bonds is 4. The smallest absolute Gasteiger partial charge is 0.122 e. The number of hydrogen-bond donors (Lipinski definition) is 1. The number of benzene rings is 2. The maximum atomic E-state index is 5.56. The normalized spacial score (nSPS) is 14.8. The van der Waals surface area contributed by atoms with Crippen molar-refractivity contribution < 1.29 is 4.74 Å². The summed E-state index contributed by atoms with van der Waals surface area (Å²) in [6.07, 6.45) is 1.02. The molecule has 0 aromatic heterocycles. The monoisotopic (exact) mass is 267 g/mol. The number of nitrogens with one attached hydrogen (secondary N) is 1. The van der Waals surface area contributed by atoms with Gasteiger partial charge in [-0.3, -0.25) is 0 Å². The minimum absolute atomic E-state index is 0.330. The summed E-state index contributed by atoms with van der Waals surface area (Å²) in [7, 11) is 0. The summed E-state index contributed by atoms with van der Waals surface area (Å²) < 4.78 is 5.56. The van der Waals surface area contributed by atoms with E-state index >= 15 is 0 Å². The lowest BCUT2D eigenvalue weighted by atomic mass is 9.95. The molecule has 1 heterocycles. The fraction of sp³-hybridized carbons (Fsp3) is 0.333. The Bertz CT molecular complexity index is 577. The molecule has 2 aromatic rings. The van der Waals surface area contributed by atoms with Crippen LogP contribution in [0.3, 0.4) is 0 Å². The van der Waals surface area contributed by atoms with Crippen LogP contribution >= 0.6 is 0 Å². The van der Waals surface area contributed by atoms with E-state index in [1.165, 1.54) is 16.8 Å². The second-order valence-electron chi connectivity index (χ2n) is 5.70. The molecule has 0 saturated heterocycles. The van der Waals surface area contributed by atoms with Crippen LogP contribution in [0.25, 0.3) is 0 Å². The van der Waals surface area contributed by atoms with Crippen molar-refractivity contribution in [1.29, 1.82) is 0 Å². The molecule has 2 heteroatoms. The Hall–Kier alpha value is -1.96. The van der Waals surface area contributed by atoms with Crippen molar-refractivity contribution in [1.82, 2.24) is 0 Å². The molecular weight excluding hydrogens is 246 g/mol. The quantitative estimate of drug-likeness (QED) is 0.884. The van der Waals surface area contributed by atoms with Crippen molar-refractivity contribution in [2.75, 3.05) is 11.9 Å². The molecule has 1 unspecified atom stereocenters. The van der Waals surface area contributed by atoms with Gasteiger partial charge >= 0.3 is 0 Å². The minimum Gasteiger partial charge on any atom is -0.493 e. The summed E-state index contributed by atoms with van der Waals surface area (Å²) in [5.41, 5.74) is 3.82. The minimum atomic E-state index is 0.330. The molecule has 1 atom stereocenters. The van der Waals surface area contributed by atoms with Crippen LogP contribution in [0.2, 0.25) is 0 Å². The third-order valence-corrected chi connectivity index (χ3v) is 3.84. The molecule has 0 bridgehead atoms. The Labute approximate surface area is 120 Å². The van der Waals surface area contributed by atoms with Gasteiger partial charge in [0.1, 0.15) is 5.75 Å². The van der Waals surface area contributed by atoms with Crippen molar-refractivity contribution >= 4 is 5.69 Å². The molecule has 20 heavy (non-hydrogen) atoms. The summed E-state index contributed by atoms with van der Waals surface area (Å²) in [6, 6.07) is 17.4. The van der Waals surface area contributed by atoms with Crippen LogP contribution in [0.15, 0.2) is 48.5 Å². The van der Waals surface area contributed by atoms with Crippen molar-refractivity contribution in [2.24, 2.45) is 5.92 Å². The van der Waals surface area contributed by atoms with Crippen LogP contribution in [0.1, 0.15) is 31.0 Å². The van der Waals surface area contributed by atoms with E-state index in [2.05, 4.69) is 67.7 Å². The lowest BCUT2D eigenvalue weighted by Gasteiger charge is -2.24. The largest absolute Gasteiger partial charge is 0.493 e. The molecule has 0 fully saturated rings. The van der Waals surface area contributed by atoms with Crippen LogP contribution in [0.5, 0.6) is 5.75 Å². The molecule has 2 nitrogen and oxygen atoms in total. The predicted molar refractivity (Wildman–Crippen MR) is 83.3 cm³/mol. The first-order valence-corrected chi connectivity index (χ1v) is 7.31. The van der Waals surface area contributed by atoms with Crippen LogP contribution < -0.4 is 10.1 Å². The number of hydrogen-bond acceptors (Lipinski definition) is 2. The third kappa shape index (κ3) is 2.64. The molecule has 0 aliphatic carbocycles. The van der Waals surface area contributed by atoms with E-state index in [-0.39, 0.29) is 0 Å². The Balaban J connectivity index is 1.84. The van der Waals surface area contributed by atoms with Gasteiger partial charge in [-0.25, -0.2) is 0 Å². The van der Waals surface area contributed by atoms with E-state index in [0.717, 1.165) is 18.8 Å². The molecule has 104 valence electrons. The summed E-state index contributed by atoms with van der Waals surface area (Å²) in [5, 5.41) is 3.67. The molecule has 0 spiro atoms. The topological polar surface area (TPSA) is 21.3 Å². The second-order valence-corrected chi connectivity index (χ2v) is 5.70. The van der Waals surface area contributed by atoms with Gasteiger partial charge in [-0.2, -0.15) is 0 Å². The van der Waals surface area contributed by atoms with Crippen molar-refractivity contribution in [3.8, 4) is 5.75 Å². The first-order valence-electron chi connectivity index (χ1n) is 7.31. The summed E-state index contributed by atoms with van der Waals surface area (Å²) in [6.45, 7) is 5.31. The molecule has 2 aromatic carbocycles. The van der Waals surface area contributed by atoms with Gasteiger partial charge in [-0.15, -0.1) is 0 Å². The van der Waals surface area contributed by atoms with Crippen LogP contribution in [0.4, 0.5) is 5.69 Å². The van der Waals surface area contributed by atoms with Crippen molar-refractivity contribution in [3.05, 3.63) is 59.7 Å². The Morgan fingerprint density at radius 1 is 1.05 bits per heavy atom. The molecule has 0 radical (unpaired) electrons. The SMILES string of the molecule is CC(C)C(Nc1ccc2c(c1)CCO2)c1ccccc1. The summed E-state index contributed by atoms with van der Waals surface area (Å²) in [5.74, 6) is 1.57. The molecule has 1 N–H and O–H groups in total. The zero-order valence-corrected chi connectivity index (χ0v) is 12.1. The molecule has 3 rings (SSSR count). The van der Waals surface area contributed by atoms with Gasteiger partial charge in [0.05, 0.1) is 12.6 Å². The Morgan fingerprint density at radius 2 is 1.85 bits per heavy atom. The van der Waals surface area contributed by atoms with Gasteiger partial charge < -0.3 is 10.1 Å². The lowest BCUT2D eigenvalue weighted by Crippen LogP contribution is -2.16. The third-order valence-electron chi connectivity index (χ3n) is 3.84. The molecule has 1 aliphatic rings. The van der Waals surface area contributed by atoms with E-state index < -0.39 is 0 Å². The average Bonchev–Trinajstić information content (AvgIpc) is 2.93. The highest BCUT2D eigenvalue weighted by molar-refractivity contribution is 5.53. The van der Waals surface area contributed by atoms with Gasteiger partial charge in [0, 0.05) is 12.1 Å². The number of ether oxygens (including phenoxy) is 1. The maximum absolute atomic E-state index is 5.56. The van der Waals surface area contributed by atoms with Crippen LogP contribution in [-0.4, -0.2) is 6.61 Å². The van der Waals surface area contributed by atoms with Crippen molar-refractivity contribution in [3.63, 3.8) is 0 Å². The van der Waals surface area contributed by atoms with Gasteiger partial charge in [0.25, 0.3) is 0 Å².